The number of ketones is 1. The van der Waals surface area contributed by atoms with Crippen LogP contribution in [0.5, 0.6) is 0 Å². The highest BCUT2D eigenvalue weighted by Crippen LogP contribution is 2.54. The minimum Gasteiger partial charge on any atom is -0.393 e. The van der Waals surface area contributed by atoms with E-state index in [0.29, 0.717) is 25.7 Å². The second kappa shape index (κ2) is 4.17. The molecule has 0 aromatic rings. The molecule has 18 heavy (non-hydrogen) atoms. The first-order chi connectivity index (χ1) is 8.18. The van der Waals surface area contributed by atoms with Gasteiger partial charge in [0.05, 0.1) is 11.7 Å². The lowest BCUT2D eigenvalue weighted by atomic mass is 9.53. The molecule has 2 rings (SSSR count). The zero-order valence-electron chi connectivity index (χ0n) is 11.8. The largest absolute Gasteiger partial charge is 0.393 e. The molecule has 2 fully saturated rings. The van der Waals surface area contributed by atoms with Gasteiger partial charge < -0.3 is 10.2 Å². The van der Waals surface area contributed by atoms with Crippen molar-refractivity contribution in [3.63, 3.8) is 0 Å². The Bertz CT molecular complexity index is 404. The summed E-state index contributed by atoms with van der Waals surface area (Å²) in [4.78, 5) is 12.2. The van der Waals surface area contributed by atoms with Crippen molar-refractivity contribution in [1.29, 1.82) is 0 Å². The summed E-state index contributed by atoms with van der Waals surface area (Å²) in [5.74, 6) is 0.113. The fourth-order valence-corrected chi connectivity index (χ4v) is 3.82. The summed E-state index contributed by atoms with van der Waals surface area (Å²) < 4.78 is 0. The molecule has 0 unspecified atom stereocenters. The molecule has 2 saturated carbocycles. The summed E-state index contributed by atoms with van der Waals surface area (Å²) in [5.41, 5.74) is 0.637. The molecule has 2 aliphatic rings. The van der Waals surface area contributed by atoms with E-state index in [-0.39, 0.29) is 11.7 Å². The van der Waals surface area contributed by atoms with Gasteiger partial charge in [0.15, 0.2) is 5.78 Å². The van der Waals surface area contributed by atoms with Crippen molar-refractivity contribution < 1.29 is 15.0 Å². The Labute approximate surface area is 109 Å². The van der Waals surface area contributed by atoms with Gasteiger partial charge in [-0.2, -0.15) is 0 Å². The Kier molecular flexibility index (Phi) is 3.19. The van der Waals surface area contributed by atoms with Gasteiger partial charge in [-0.25, -0.2) is 0 Å². The molecular weight excluding hydrogens is 228 g/mol. The first kappa shape index (κ1) is 13.8. The highest BCUT2D eigenvalue weighted by atomic mass is 16.3. The molecule has 0 aliphatic heterocycles. The standard InChI is InChI=1S/C15H24O3/c1-9(2)10-7-12-14(3,8-11(10)16)13(17)5-6-15(12,4)18/h12-13,17-18H,5-8H2,1-4H3/t12-,13+,14+,15-/m1/s1. The number of allylic oxidation sites excluding steroid dienone is 2. The van der Waals surface area contributed by atoms with Crippen molar-refractivity contribution in [3.05, 3.63) is 11.1 Å². The highest BCUT2D eigenvalue weighted by molar-refractivity contribution is 5.97. The van der Waals surface area contributed by atoms with E-state index in [4.69, 9.17) is 0 Å². The second-order valence-electron chi connectivity index (χ2n) is 6.75. The van der Waals surface area contributed by atoms with Crippen LogP contribution in [0.2, 0.25) is 0 Å². The molecule has 3 heteroatoms. The molecule has 0 aromatic heterocycles. The molecule has 4 atom stereocenters. The fourth-order valence-electron chi connectivity index (χ4n) is 3.82. The van der Waals surface area contributed by atoms with Gasteiger partial charge in [0.25, 0.3) is 0 Å². The Morgan fingerprint density at radius 3 is 2.50 bits per heavy atom. The quantitative estimate of drug-likeness (QED) is 0.650. The third-order valence-electron chi connectivity index (χ3n) is 5.12. The number of fused-ring (bicyclic) bond motifs is 1. The van der Waals surface area contributed by atoms with Gasteiger partial charge in [-0.15, -0.1) is 0 Å². The van der Waals surface area contributed by atoms with E-state index in [2.05, 4.69) is 0 Å². The summed E-state index contributed by atoms with van der Waals surface area (Å²) in [6.45, 7) is 7.70. The number of carbonyl (C=O) groups excluding carboxylic acids is 1. The number of Topliss-reactive ketones (excluding diaryl/α,β-unsaturated/α-hetero) is 1. The lowest BCUT2D eigenvalue weighted by Gasteiger charge is -2.54. The highest BCUT2D eigenvalue weighted by Gasteiger charge is 2.56. The van der Waals surface area contributed by atoms with Crippen molar-refractivity contribution in [1.82, 2.24) is 0 Å². The lowest BCUT2D eigenvalue weighted by molar-refractivity contribution is -0.165. The van der Waals surface area contributed by atoms with Crippen LogP contribution in [0.3, 0.4) is 0 Å². The zero-order valence-corrected chi connectivity index (χ0v) is 11.8. The maximum absolute atomic E-state index is 12.2. The minimum atomic E-state index is -0.782. The van der Waals surface area contributed by atoms with Crippen LogP contribution >= 0.6 is 0 Å². The van der Waals surface area contributed by atoms with E-state index >= 15 is 0 Å². The maximum Gasteiger partial charge on any atom is 0.159 e. The Hall–Kier alpha value is -0.670. The molecule has 0 saturated heterocycles. The van der Waals surface area contributed by atoms with Crippen molar-refractivity contribution in [2.24, 2.45) is 11.3 Å². The normalized spacial score (nSPS) is 44.8. The predicted octanol–water partition coefficient (Wildman–Crippen LogP) is 2.21. The maximum atomic E-state index is 12.2. The van der Waals surface area contributed by atoms with Crippen molar-refractivity contribution >= 4 is 5.78 Å². The van der Waals surface area contributed by atoms with E-state index in [1.807, 2.05) is 27.7 Å². The van der Waals surface area contributed by atoms with E-state index in [1.54, 1.807) is 0 Å². The van der Waals surface area contributed by atoms with Crippen molar-refractivity contribution in [2.45, 2.75) is 65.1 Å². The molecule has 0 spiro atoms. The smallest absolute Gasteiger partial charge is 0.159 e. The number of aliphatic hydroxyl groups is 2. The molecule has 2 N–H and O–H groups in total. The Balaban J connectivity index is 2.43. The zero-order chi connectivity index (χ0) is 13.7. The topological polar surface area (TPSA) is 57.5 Å². The van der Waals surface area contributed by atoms with Gasteiger partial charge in [0.2, 0.25) is 0 Å². The van der Waals surface area contributed by atoms with Gasteiger partial charge >= 0.3 is 0 Å². The van der Waals surface area contributed by atoms with Crippen LogP contribution in [0.4, 0.5) is 0 Å². The molecule has 102 valence electrons. The molecule has 0 aromatic carbocycles. The summed E-state index contributed by atoms with van der Waals surface area (Å²) in [6.07, 6.45) is 1.67. The molecule has 0 radical (unpaired) electrons. The van der Waals surface area contributed by atoms with Crippen LogP contribution in [0.15, 0.2) is 11.1 Å². The average Bonchev–Trinajstić information content (AvgIpc) is 2.23. The van der Waals surface area contributed by atoms with Gasteiger partial charge in [-0.3, -0.25) is 4.79 Å². The molecule has 2 aliphatic carbocycles. The molecule has 0 heterocycles. The molecule has 0 amide bonds. The van der Waals surface area contributed by atoms with E-state index in [9.17, 15) is 15.0 Å². The fraction of sp³-hybridized carbons (Fsp3) is 0.800. The monoisotopic (exact) mass is 252 g/mol. The van der Waals surface area contributed by atoms with Gasteiger partial charge in [-0.1, -0.05) is 12.5 Å². The van der Waals surface area contributed by atoms with Gasteiger partial charge in [0.1, 0.15) is 0 Å². The van der Waals surface area contributed by atoms with Crippen LogP contribution in [0, 0.1) is 11.3 Å². The van der Waals surface area contributed by atoms with Crippen LogP contribution in [-0.2, 0) is 4.79 Å². The molecule has 3 nitrogen and oxygen atoms in total. The summed E-state index contributed by atoms with van der Waals surface area (Å²) in [5, 5.41) is 20.9. The third kappa shape index (κ3) is 1.94. The van der Waals surface area contributed by atoms with Crippen molar-refractivity contribution in [3.8, 4) is 0 Å². The SMILES string of the molecule is CC(C)=C1C[C@@H]2[C@](C)(CC1=O)[C@@H](O)CC[C@@]2(C)O. The number of hydrogen-bond acceptors (Lipinski definition) is 3. The van der Waals surface area contributed by atoms with Crippen LogP contribution in [0.25, 0.3) is 0 Å². The summed E-state index contributed by atoms with van der Waals surface area (Å²) >= 11 is 0. The summed E-state index contributed by atoms with van der Waals surface area (Å²) in [7, 11) is 0. The lowest BCUT2D eigenvalue weighted by Crippen LogP contribution is -2.57. The number of hydrogen-bond donors (Lipinski definition) is 2. The molecule has 0 bridgehead atoms. The Morgan fingerprint density at radius 2 is 1.94 bits per heavy atom. The van der Waals surface area contributed by atoms with E-state index in [0.717, 1.165) is 11.1 Å². The predicted molar refractivity (Wildman–Crippen MR) is 70.1 cm³/mol. The van der Waals surface area contributed by atoms with Gasteiger partial charge in [-0.05, 0) is 51.5 Å². The minimum absolute atomic E-state index is 0.0312. The first-order valence-electron chi connectivity index (χ1n) is 6.78. The Morgan fingerprint density at radius 1 is 1.33 bits per heavy atom. The van der Waals surface area contributed by atoms with E-state index in [1.165, 1.54) is 0 Å². The number of carbonyl (C=O) groups is 1. The second-order valence-corrected chi connectivity index (χ2v) is 6.75. The third-order valence-corrected chi connectivity index (χ3v) is 5.12. The molecular formula is C15H24O3. The van der Waals surface area contributed by atoms with Crippen LogP contribution in [0.1, 0.15) is 53.4 Å². The van der Waals surface area contributed by atoms with E-state index < -0.39 is 17.1 Å². The van der Waals surface area contributed by atoms with Crippen LogP contribution < -0.4 is 0 Å². The average molecular weight is 252 g/mol. The van der Waals surface area contributed by atoms with Crippen molar-refractivity contribution in [2.75, 3.05) is 0 Å². The van der Waals surface area contributed by atoms with Crippen LogP contribution in [-0.4, -0.2) is 27.7 Å². The number of rotatable bonds is 0. The van der Waals surface area contributed by atoms with Gasteiger partial charge in [0, 0.05) is 11.8 Å². The number of aliphatic hydroxyl groups excluding tert-OH is 1. The summed E-state index contributed by atoms with van der Waals surface area (Å²) in [6, 6.07) is 0. The first-order valence-corrected chi connectivity index (χ1v) is 6.78.